The van der Waals surface area contributed by atoms with Crippen LogP contribution in [0.2, 0.25) is 0 Å². The van der Waals surface area contributed by atoms with Crippen LogP contribution in [0, 0.1) is 0 Å². The third-order valence-electron chi connectivity index (χ3n) is 2.70. The van der Waals surface area contributed by atoms with E-state index in [4.69, 9.17) is 20.7 Å². The topological polar surface area (TPSA) is 110 Å². The van der Waals surface area contributed by atoms with Crippen molar-refractivity contribution < 1.29 is 24.5 Å². The smallest absolute Gasteiger partial charge is 0.405 e. The van der Waals surface area contributed by atoms with E-state index in [1.807, 2.05) is 30.3 Å². The predicted molar refractivity (Wildman–Crippen MR) is 80.6 cm³/mol. The average Bonchev–Trinajstić information content (AvgIpc) is 2.48. The van der Waals surface area contributed by atoms with E-state index in [2.05, 4.69) is 0 Å². The first-order valence-electron chi connectivity index (χ1n) is 6.44. The van der Waals surface area contributed by atoms with Crippen LogP contribution >= 0.6 is 0 Å². The standard InChI is InChI=1S/C9H11NO2.C7H6O3/c1-7(12-9(10)11)8-5-3-2-4-6-8;8-6-4-2-1-3-5(6)7(9)10/h2-7H,1H3,(H2,10,11);1-4,8H,(H,9,10). The molecule has 0 saturated carbocycles. The molecule has 6 nitrogen and oxygen atoms in total. The summed E-state index contributed by atoms with van der Waals surface area (Å²) in [6.45, 7) is 1.78. The molecule has 1 unspecified atom stereocenters. The van der Waals surface area contributed by atoms with Gasteiger partial charge in [-0.2, -0.15) is 0 Å². The number of aromatic hydroxyl groups is 1. The van der Waals surface area contributed by atoms with E-state index in [-0.39, 0.29) is 17.4 Å². The van der Waals surface area contributed by atoms with Crippen LogP contribution < -0.4 is 5.73 Å². The lowest BCUT2D eigenvalue weighted by Gasteiger charge is -2.10. The van der Waals surface area contributed by atoms with Gasteiger partial charge in [0.25, 0.3) is 0 Å². The number of rotatable bonds is 3. The number of carboxylic acids is 1. The first-order valence-corrected chi connectivity index (χ1v) is 6.44. The molecule has 116 valence electrons. The van der Waals surface area contributed by atoms with Gasteiger partial charge >= 0.3 is 12.1 Å². The monoisotopic (exact) mass is 303 g/mol. The lowest BCUT2D eigenvalue weighted by molar-refractivity contribution is 0.0693. The Morgan fingerprint density at radius 3 is 2.05 bits per heavy atom. The van der Waals surface area contributed by atoms with Crippen LogP contribution in [-0.4, -0.2) is 22.3 Å². The number of benzene rings is 2. The highest BCUT2D eigenvalue weighted by atomic mass is 16.6. The molecular weight excluding hydrogens is 286 g/mol. The minimum absolute atomic E-state index is 0.0671. The summed E-state index contributed by atoms with van der Waals surface area (Å²) < 4.78 is 4.78. The molecule has 0 aliphatic heterocycles. The first-order chi connectivity index (χ1) is 10.4. The summed E-state index contributed by atoms with van der Waals surface area (Å²) in [6, 6.07) is 15.3. The number of carbonyl (C=O) groups is 2. The summed E-state index contributed by atoms with van der Waals surface area (Å²) >= 11 is 0. The first kappa shape index (κ1) is 17.0. The van der Waals surface area contributed by atoms with Gasteiger partial charge in [-0.05, 0) is 24.6 Å². The van der Waals surface area contributed by atoms with Crippen molar-refractivity contribution in [3.63, 3.8) is 0 Å². The van der Waals surface area contributed by atoms with Crippen molar-refractivity contribution in [2.75, 3.05) is 0 Å². The fraction of sp³-hybridized carbons (Fsp3) is 0.125. The van der Waals surface area contributed by atoms with Crippen LogP contribution in [0.4, 0.5) is 4.79 Å². The van der Waals surface area contributed by atoms with Crippen LogP contribution in [-0.2, 0) is 4.74 Å². The van der Waals surface area contributed by atoms with Crippen molar-refractivity contribution in [2.24, 2.45) is 5.73 Å². The van der Waals surface area contributed by atoms with E-state index >= 15 is 0 Å². The van der Waals surface area contributed by atoms with Gasteiger partial charge in [0.05, 0.1) is 0 Å². The number of amides is 1. The number of primary amides is 1. The number of hydrogen-bond acceptors (Lipinski definition) is 4. The van der Waals surface area contributed by atoms with Gasteiger partial charge in [0.1, 0.15) is 17.4 Å². The minimum atomic E-state index is -1.11. The van der Waals surface area contributed by atoms with Crippen LogP contribution in [0.1, 0.15) is 28.9 Å². The maximum atomic E-state index is 10.4. The Morgan fingerprint density at radius 1 is 1.05 bits per heavy atom. The molecule has 0 aliphatic carbocycles. The zero-order chi connectivity index (χ0) is 16.5. The number of phenols is 1. The molecule has 6 heteroatoms. The summed E-state index contributed by atoms with van der Waals surface area (Å²) in [5, 5.41) is 17.3. The molecule has 2 rings (SSSR count). The van der Waals surface area contributed by atoms with Crippen LogP contribution in [0.15, 0.2) is 54.6 Å². The predicted octanol–water partition coefficient (Wildman–Crippen LogP) is 2.93. The maximum absolute atomic E-state index is 10.4. The van der Waals surface area contributed by atoms with Crippen molar-refractivity contribution in [1.82, 2.24) is 0 Å². The van der Waals surface area contributed by atoms with Gasteiger partial charge in [-0.1, -0.05) is 42.5 Å². The highest BCUT2D eigenvalue weighted by Crippen LogP contribution is 2.15. The van der Waals surface area contributed by atoms with Gasteiger partial charge in [-0.25, -0.2) is 9.59 Å². The normalized spacial score (nSPS) is 10.8. The maximum Gasteiger partial charge on any atom is 0.405 e. The molecule has 1 atom stereocenters. The third-order valence-corrected chi connectivity index (χ3v) is 2.70. The number of ether oxygens (including phenoxy) is 1. The Labute approximate surface area is 127 Å². The van der Waals surface area contributed by atoms with Crippen LogP contribution in [0.25, 0.3) is 0 Å². The fourth-order valence-electron chi connectivity index (χ4n) is 1.62. The van der Waals surface area contributed by atoms with E-state index in [9.17, 15) is 9.59 Å². The van der Waals surface area contributed by atoms with Gasteiger partial charge in [-0.15, -0.1) is 0 Å². The number of nitrogens with two attached hydrogens (primary N) is 1. The Morgan fingerprint density at radius 2 is 1.59 bits per heavy atom. The second-order valence-corrected chi connectivity index (χ2v) is 4.31. The summed E-state index contributed by atoms with van der Waals surface area (Å²) in [5.74, 6) is -1.31. The SMILES string of the molecule is CC(OC(N)=O)c1ccccc1.O=C(O)c1ccccc1O. The zero-order valence-corrected chi connectivity index (χ0v) is 12.0. The van der Waals surface area contributed by atoms with Crippen LogP contribution in [0.3, 0.4) is 0 Å². The van der Waals surface area contributed by atoms with Crippen molar-refractivity contribution in [3.05, 3.63) is 65.7 Å². The lowest BCUT2D eigenvalue weighted by Crippen LogP contribution is -2.15. The van der Waals surface area contributed by atoms with Gasteiger partial charge in [0.15, 0.2) is 0 Å². The zero-order valence-electron chi connectivity index (χ0n) is 12.0. The average molecular weight is 303 g/mol. The van der Waals surface area contributed by atoms with Gasteiger partial charge in [0, 0.05) is 0 Å². The van der Waals surface area contributed by atoms with Crippen molar-refractivity contribution >= 4 is 12.1 Å². The number of hydrogen-bond donors (Lipinski definition) is 3. The summed E-state index contributed by atoms with van der Waals surface area (Å²) in [5.41, 5.74) is 5.74. The van der Waals surface area contributed by atoms with Gasteiger partial charge in [-0.3, -0.25) is 0 Å². The molecule has 0 radical (unpaired) electrons. The van der Waals surface area contributed by atoms with E-state index in [0.717, 1.165) is 5.56 Å². The van der Waals surface area contributed by atoms with E-state index in [1.165, 1.54) is 12.1 Å². The molecule has 2 aromatic rings. The number of carbonyl (C=O) groups excluding carboxylic acids is 1. The Hall–Kier alpha value is -3.02. The summed E-state index contributed by atoms with van der Waals surface area (Å²) in [6.07, 6.45) is -1.02. The van der Waals surface area contributed by atoms with Gasteiger partial charge < -0.3 is 20.7 Å². The third kappa shape index (κ3) is 5.54. The van der Waals surface area contributed by atoms with E-state index in [0.29, 0.717) is 0 Å². The lowest BCUT2D eigenvalue weighted by atomic mass is 10.1. The van der Waals surface area contributed by atoms with Crippen molar-refractivity contribution in [2.45, 2.75) is 13.0 Å². The molecular formula is C16H17NO5. The summed E-state index contributed by atoms with van der Waals surface area (Å²) in [4.78, 5) is 20.6. The molecule has 4 N–H and O–H groups in total. The van der Waals surface area contributed by atoms with Crippen molar-refractivity contribution in [1.29, 1.82) is 0 Å². The van der Waals surface area contributed by atoms with Crippen molar-refractivity contribution in [3.8, 4) is 5.75 Å². The minimum Gasteiger partial charge on any atom is -0.507 e. The van der Waals surface area contributed by atoms with E-state index in [1.54, 1.807) is 19.1 Å². The van der Waals surface area contributed by atoms with E-state index < -0.39 is 12.1 Å². The Balaban J connectivity index is 0.000000224. The largest absolute Gasteiger partial charge is 0.507 e. The molecule has 0 aliphatic rings. The second-order valence-electron chi connectivity index (χ2n) is 4.31. The molecule has 0 bridgehead atoms. The second kappa shape index (κ2) is 8.31. The number of aromatic carboxylic acids is 1. The Kier molecular flexibility index (Phi) is 6.43. The molecule has 0 saturated heterocycles. The van der Waals surface area contributed by atoms with Gasteiger partial charge in [0.2, 0.25) is 0 Å². The highest BCUT2D eigenvalue weighted by Gasteiger charge is 2.07. The van der Waals surface area contributed by atoms with Crippen LogP contribution in [0.5, 0.6) is 5.75 Å². The molecule has 22 heavy (non-hydrogen) atoms. The molecule has 0 heterocycles. The molecule has 0 aromatic heterocycles. The Bertz CT molecular complexity index is 627. The molecule has 0 fully saturated rings. The molecule has 2 aromatic carbocycles. The summed E-state index contributed by atoms with van der Waals surface area (Å²) in [7, 11) is 0. The quantitative estimate of drug-likeness (QED) is 0.807. The fourth-order valence-corrected chi connectivity index (χ4v) is 1.62. The number of para-hydroxylation sites is 1. The highest BCUT2D eigenvalue weighted by molar-refractivity contribution is 5.90. The molecule has 0 spiro atoms. The number of carboxylic acid groups (broad SMARTS) is 1. The molecule has 1 amide bonds.